The van der Waals surface area contributed by atoms with Gasteiger partial charge in [-0.15, -0.1) is 0 Å². The standard InChI is InChI=1S/C16H27NO2/c1-5-14(17)15(16(2,3)4)19-13-8-6-12(7-9-13)10-11-18/h6-9,14-15,18H,5,10-11,17H2,1-4H3. The van der Waals surface area contributed by atoms with E-state index in [0.717, 1.165) is 17.7 Å². The third-order valence-electron chi connectivity index (χ3n) is 3.30. The van der Waals surface area contributed by atoms with E-state index in [9.17, 15) is 0 Å². The van der Waals surface area contributed by atoms with Crippen molar-refractivity contribution in [2.75, 3.05) is 6.61 Å². The van der Waals surface area contributed by atoms with Gasteiger partial charge in [0.1, 0.15) is 11.9 Å². The molecule has 0 saturated carbocycles. The minimum atomic E-state index is -0.0128. The Kier molecular flexibility index (Phi) is 5.83. The molecular weight excluding hydrogens is 238 g/mol. The average molecular weight is 265 g/mol. The Balaban J connectivity index is 2.79. The van der Waals surface area contributed by atoms with Crippen molar-refractivity contribution in [2.24, 2.45) is 11.1 Å². The summed E-state index contributed by atoms with van der Waals surface area (Å²) in [6, 6.07) is 7.90. The molecule has 3 nitrogen and oxygen atoms in total. The second kappa shape index (κ2) is 6.92. The van der Waals surface area contributed by atoms with Crippen molar-refractivity contribution in [2.45, 2.75) is 52.7 Å². The average Bonchev–Trinajstić information content (AvgIpc) is 2.36. The zero-order valence-electron chi connectivity index (χ0n) is 12.5. The van der Waals surface area contributed by atoms with Crippen LogP contribution in [0.5, 0.6) is 5.75 Å². The fourth-order valence-corrected chi connectivity index (χ4v) is 2.13. The highest BCUT2D eigenvalue weighted by Crippen LogP contribution is 2.27. The van der Waals surface area contributed by atoms with Crippen molar-refractivity contribution in [3.05, 3.63) is 29.8 Å². The van der Waals surface area contributed by atoms with E-state index in [1.165, 1.54) is 0 Å². The van der Waals surface area contributed by atoms with E-state index in [1.807, 2.05) is 24.3 Å². The van der Waals surface area contributed by atoms with Gasteiger partial charge in [-0.2, -0.15) is 0 Å². The van der Waals surface area contributed by atoms with Crippen LogP contribution < -0.4 is 10.5 Å². The van der Waals surface area contributed by atoms with Crippen LogP contribution in [0, 0.1) is 5.41 Å². The SMILES string of the molecule is CCC(N)C(Oc1ccc(CCO)cc1)C(C)(C)C. The first kappa shape index (κ1) is 16.0. The van der Waals surface area contributed by atoms with Gasteiger partial charge in [-0.25, -0.2) is 0 Å². The van der Waals surface area contributed by atoms with Crippen LogP contribution in [0.4, 0.5) is 0 Å². The van der Waals surface area contributed by atoms with Crippen LogP contribution >= 0.6 is 0 Å². The van der Waals surface area contributed by atoms with Crippen LogP contribution in [-0.4, -0.2) is 23.9 Å². The fourth-order valence-electron chi connectivity index (χ4n) is 2.13. The summed E-state index contributed by atoms with van der Waals surface area (Å²) >= 11 is 0. The van der Waals surface area contributed by atoms with Gasteiger partial charge in [-0.05, 0) is 30.5 Å². The first-order valence-corrected chi connectivity index (χ1v) is 7.00. The van der Waals surface area contributed by atoms with Crippen LogP contribution in [-0.2, 0) is 6.42 Å². The number of nitrogens with two attached hydrogens (primary N) is 1. The van der Waals surface area contributed by atoms with Gasteiger partial charge in [0.05, 0.1) is 0 Å². The zero-order chi connectivity index (χ0) is 14.5. The van der Waals surface area contributed by atoms with Crippen molar-refractivity contribution < 1.29 is 9.84 Å². The fraction of sp³-hybridized carbons (Fsp3) is 0.625. The third-order valence-corrected chi connectivity index (χ3v) is 3.30. The molecule has 108 valence electrons. The normalized spacial score (nSPS) is 15.1. The molecule has 1 rings (SSSR count). The first-order chi connectivity index (χ1) is 8.88. The van der Waals surface area contributed by atoms with Gasteiger partial charge in [0.15, 0.2) is 0 Å². The number of ether oxygens (including phenoxy) is 1. The predicted octanol–water partition coefficient (Wildman–Crippen LogP) is 2.75. The summed E-state index contributed by atoms with van der Waals surface area (Å²) in [5, 5.41) is 8.90. The van der Waals surface area contributed by atoms with E-state index in [1.54, 1.807) is 0 Å². The van der Waals surface area contributed by atoms with Crippen molar-refractivity contribution in [3.8, 4) is 5.75 Å². The molecule has 0 aliphatic heterocycles. The third kappa shape index (κ3) is 4.84. The summed E-state index contributed by atoms with van der Waals surface area (Å²) in [5.41, 5.74) is 7.28. The summed E-state index contributed by atoms with van der Waals surface area (Å²) < 4.78 is 6.08. The van der Waals surface area contributed by atoms with Gasteiger partial charge >= 0.3 is 0 Å². The Morgan fingerprint density at radius 3 is 2.21 bits per heavy atom. The van der Waals surface area contributed by atoms with Gasteiger partial charge in [-0.1, -0.05) is 39.8 Å². The summed E-state index contributed by atoms with van der Waals surface area (Å²) in [6.45, 7) is 8.69. The molecule has 0 saturated heterocycles. The molecule has 19 heavy (non-hydrogen) atoms. The van der Waals surface area contributed by atoms with Crippen LogP contribution in [0.3, 0.4) is 0 Å². The molecule has 0 aromatic heterocycles. The number of rotatable bonds is 6. The van der Waals surface area contributed by atoms with Crippen molar-refractivity contribution in [1.82, 2.24) is 0 Å². The Bertz CT molecular complexity index is 367. The van der Waals surface area contributed by atoms with Crippen LogP contribution in [0.2, 0.25) is 0 Å². The summed E-state index contributed by atoms with van der Waals surface area (Å²) in [5.74, 6) is 0.838. The lowest BCUT2D eigenvalue weighted by Gasteiger charge is -2.35. The van der Waals surface area contributed by atoms with E-state index < -0.39 is 0 Å². The maximum Gasteiger partial charge on any atom is 0.119 e. The smallest absolute Gasteiger partial charge is 0.119 e. The van der Waals surface area contributed by atoms with Crippen LogP contribution in [0.1, 0.15) is 39.7 Å². The molecule has 3 N–H and O–H groups in total. The quantitative estimate of drug-likeness (QED) is 0.831. The molecule has 0 aliphatic rings. The van der Waals surface area contributed by atoms with Gasteiger partial charge in [0, 0.05) is 18.1 Å². The Labute approximate surface area is 116 Å². The maximum atomic E-state index is 8.90. The minimum absolute atomic E-state index is 0.000797. The van der Waals surface area contributed by atoms with Crippen molar-refractivity contribution >= 4 is 0 Å². The van der Waals surface area contributed by atoms with E-state index in [-0.39, 0.29) is 24.2 Å². The molecule has 2 atom stereocenters. The highest BCUT2D eigenvalue weighted by atomic mass is 16.5. The molecule has 3 heteroatoms. The Morgan fingerprint density at radius 1 is 1.21 bits per heavy atom. The zero-order valence-corrected chi connectivity index (χ0v) is 12.5. The highest BCUT2D eigenvalue weighted by Gasteiger charge is 2.31. The lowest BCUT2D eigenvalue weighted by Crippen LogP contribution is -2.47. The molecule has 1 aromatic carbocycles. The van der Waals surface area contributed by atoms with E-state index >= 15 is 0 Å². The molecule has 1 aromatic rings. The number of aliphatic hydroxyl groups is 1. The number of hydrogen-bond acceptors (Lipinski definition) is 3. The molecule has 2 unspecified atom stereocenters. The second-order valence-corrected chi connectivity index (χ2v) is 6.09. The van der Waals surface area contributed by atoms with Gasteiger partial charge in [-0.3, -0.25) is 0 Å². The van der Waals surface area contributed by atoms with E-state index in [0.29, 0.717) is 6.42 Å². The molecular formula is C16H27NO2. The number of aliphatic hydroxyl groups excluding tert-OH is 1. The Morgan fingerprint density at radius 2 is 1.79 bits per heavy atom. The molecule has 0 bridgehead atoms. The maximum absolute atomic E-state index is 8.90. The first-order valence-electron chi connectivity index (χ1n) is 7.00. The number of benzene rings is 1. The van der Waals surface area contributed by atoms with Crippen LogP contribution in [0.15, 0.2) is 24.3 Å². The van der Waals surface area contributed by atoms with Crippen molar-refractivity contribution in [3.63, 3.8) is 0 Å². The monoisotopic (exact) mass is 265 g/mol. The van der Waals surface area contributed by atoms with Gasteiger partial charge in [0.2, 0.25) is 0 Å². The summed E-state index contributed by atoms with van der Waals surface area (Å²) in [6.07, 6.45) is 1.56. The number of hydrogen-bond donors (Lipinski definition) is 2. The highest BCUT2D eigenvalue weighted by molar-refractivity contribution is 5.27. The summed E-state index contributed by atoms with van der Waals surface area (Å²) in [4.78, 5) is 0. The minimum Gasteiger partial charge on any atom is -0.488 e. The molecule has 0 aliphatic carbocycles. The van der Waals surface area contributed by atoms with E-state index in [4.69, 9.17) is 15.6 Å². The predicted molar refractivity (Wildman–Crippen MR) is 79.4 cm³/mol. The van der Waals surface area contributed by atoms with Crippen LogP contribution in [0.25, 0.3) is 0 Å². The molecule has 0 radical (unpaired) electrons. The second-order valence-electron chi connectivity index (χ2n) is 6.09. The Hall–Kier alpha value is -1.06. The van der Waals surface area contributed by atoms with E-state index in [2.05, 4.69) is 27.7 Å². The molecule has 0 heterocycles. The van der Waals surface area contributed by atoms with Gasteiger partial charge < -0.3 is 15.6 Å². The molecule has 0 amide bonds. The van der Waals surface area contributed by atoms with Crippen molar-refractivity contribution in [1.29, 1.82) is 0 Å². The molecule has 0 spiro atoms. The molecule has 0 fully saturated rings. The topological polar surface area (TPSA) is 55.5 Å². The van der Waals surface area contributed by atoms with Gasteiger partial charge in [0.25, 0.3) is 0 Å². The lowest BCUT2D eigenvalue weighted by atomic mass is 9.84. The largest absolute Gasteiger partial charge is 0.488 e. The summed E-state index contributed by atoms with van der Waals surface area (Å²) in [7, 11) is 0. The lowest BCUT2D eigenvalue weighted by molar-refractivity contribution is 0.0621.